The van der Waals surface area contributed by atoms with Crippen molar-refractivity contribution in [3.63, 3.8) is 0 Å². The molecule has 0 N–H and O–H groups in total. The quantitative estimate of drug-likeness (QED) is 0.243. The molecule has 3 aromatic carbocycles. The van der Waals surface area contributed by atoms with Crippen LogP contribution in [0.3, 0.4) is 0 Å². The Morgan fingerprint density at radius 1 is 0.735 bits per heavy atom. The molecule has 2 bridgehead atoms. The summed E-state index contributed by atoms with van der Waals surface area (Å²) in [7, 11) is 0. The van der Waals surface area contributed by atoms with Gasteiger partial charge in [0.1, 0.15) is 0 Å². The Labute approximate surface area is 196 Å². The molecule has 3 aromatic rings. The van der Waals surface area contributed by atoms with Gasteiger partial charge < -0.3 is 0 Å². The van der Waals surface area contributed by atoms with E-state index >= 15 is 0 Å². The highest BCUT2D eigenvalue weighted by molar-refractivity contribution is 6.23. The van der Waals surface area contributed by atoms with Crippen LogP contribution in [0.15, 0.2) is 103 Å². The van der Waals surface area contributed by atoms with E-state index in [9.17, 15) is 19.7 Å². The summed E-state index contributed by atoms with van der Waals surface area (Å²) in [5, 5.41) is 11.2. The highest BCUT2D eigenvalue weighted by atomic mass is 16.6. The molecule has 166 valence electrons. The number of carbonyl (C=O) groups excluding carboxylic acids is 2. The number of allylic oxidation sites excluding steroid dienone is 3. The summed E-state index contributed by atoms with van der Waals surface area (Å²) in [5.74, 6) is -1.95. The Kier molecular flexibility index (Phi) is 4.55. The average molecular weight is 448 g/mol. The normalized spacial score (nSPS) is 24.6. The van der Waals surface area contributed by atoms with Crippen LogP contribution in [-0.4, -0.2) is 16.7 Å². The number of imide groups is 1. The van der Waals surface area contributed by atoms with Crippen LogP contribution in [0.25, 0.3) is 5.57 Å². The molecule has 3 aliphatic rings. The largest absolute Gasteiger partial charge is 0.274 e. The van der Waals surface area contributed by atoms with E-state index < -0.39 is 16.8 Å². The van der Waals surface area contributed by atoms with Gasteiger partial charge in [-0.3, -0.25) is 19.7 Å². The van der Waals surface area contributed by atoms with E-state index in [1.165, 1.54) is 18.2 Å². The standard InChI is InChI=1S/C28H20N2O4/c31-27-25-21-14-15-22(26(25)28(32)29(27)19-12-7-13-20(16-19)30(33)34)24(21)23(17-8-3-1-4-9-17)18-10-5-2-6-11-18/h1-16,21-22,25-26H/t21-,22-,25+,26+/m0/s1. The third kappa shape index (κ3) is 2.88. The fourth-order valence-electron chi connectivity index (χ4n) is 5.81. The van der Waals surface area contributed by atoms with Gasteiger partial charge in [0.05, 0.1) is 22.4 Å². The van der Waals surface area contributed by atoms with Crippen molar-refractivity contribution in [1.82, 2.24) is 0 Å². The fraction of sp³-hybridized carbons (Fsp3) is 0.143. The molecule has 0 unspecified atom stereocenters. The van der Waals surface area contributed by atoms with Gasteiger partial charge in [0, 0.05) is 24.0 Å². The Morgan fingerprint density at radius 3 is 1.76 bits per heavy atom. The zero-order chi connectivity index (χ0) is 23.4. The summed E-state index contributed by atoms with van der Waals surface area (Å²) in [6.45, 7) is 0. The summed E-state index contributed by atoms with van der Waals surface area (Å²) < 4.78 is 0. The number of benzene rings is 3. The van der Waals surface area contributed by atoms with Crippen LogP contribution >= 0.6 is 0 Å². The van der Waals surface area contributed by atoms with Crippen molar-refractivity contribution in [1.29, 1.82) is 0 Å². The van der Waals surface area contributed by atoms with Gasteiger partial charge in [-0.2, -0.15) is 0 Å². The first-order valence-corrected chi connectivity index (χ1v) is 11.2. The lowest BCUT2D eigenvalue weighted by Crippen LogP contribution is -2.33. The van der Waals surface area contributed by atoms with Crippen LogP contribution in [0.4, 0.5) is 11.4 Å². The van der Waals surface area contributed by atoms with E-state index in [1.807, 2.05) is 36.4 Å². The number of carbonyl (C=O) groups is 2. The van der Waals surface area contributed by atoms with E-state index in [0.717, 1.165) is 27.2 Å². The van der Waals surface area contributed by atoms with E-state index in [-0.39, 0.29) is 35.0 Å². The van der Waals surface area contributed by atoms with Crippen LogP contribution in [0.5, 0.6) is 0 Å². The minimum atomic E-state index is -0.520. The molecular formula is C28H20N2O4. The highest BCUT2D eigenvalue weighted by Gasteiger charge is 2.62. The van der Waals surface area contributed by atoms with Crippen molar-refractivity contribution in [2.24, 2.45) is 23.7 Å². The number of hydrogen-bond acceptors (Lipinski definition) is 4. The third-order valence-electron chi connectivity index (χ3n) is 7.13. The van der Waals surface area contributed by atoms with Crippen molar-refractivity contribution in [3.05, 3.63) is 124 Å². The first-order chi connectivity index (χ1) is 16.6. The Bertz CT molecular complexity index is 1320. The van der Waals surface area contributed by atoms with Gasteiger partial charge in [0.2, 0.25) is 11.8 Å². The molecule has 34 heavy (non-hydrogen) atoms. The number of hydrogen-bond donors (Lipinski definition) is 0. The second-order valence-electron chi connectivity index (χ2n) is 8.84. The van der Waals surface area contributed by atoms with Crippen LogP contribution in [0, 0.1) is 33.8 Å². The number of rotatable bonds is 4. The second-order valence-corrected chi connectivity index (χ2v) is 8.84. The lowest BCUT2D eigenvalue weighted by atomic mass is 9.85. The van der Waals surface area contributed by atoms with Crippen molar-refractivity contribution < 1.29 is 14.5 Å². The average Bonchev–Trinajstić information content (AvgIpc) is 3.50. The number of amides is 2. The number of non-ortho nitro benzene ring substituents is 1. The number of nitro groups is 1. The monoisotopic (exact) mass is 448 g/mol. The van der Waals surface area contributed by atoms with E-state index in [2.05, 4.69) is 36.4 Å². The molecular weight excluding hydrogens is 428 g/mol. The van der Waals surface area contributed by atoms with Gasteiger partial charge in [-0.1, -0.05) is 78.9 Å². The SMILES string of the molecule is O=C1[C@H]2[C@H](C(=O)N1c1cccc([N+](=O)[O-])c1)[C@H]1C=C[C@H]2C1=C(c1ccccc1)c1ccccc1. The summed E-state index contributed by atoms with van der Waals surface area (Å²) in [6, 6.07) is 25.9. The highest BCUT2D eigenvalue weighted by Crippen LogP contribution is 2.58. The second kappa shape index (κ2) is 7.63. The predicted octanol–water partition coefficient (Wildman–Crippen LogP) is 5.02. The number of anilines is 1. The fourth-order valence-corrected chi connectivity index (χ4v) is 5.81. The van der Waals surface area contributed by atoms with Crippen LogP contribution in [0.2, 0.25) is 0 Å². The molecule has 0 spiro atoms. The topological polar surface area (TPSA) is 80.5 Å². The molecule has 1 aliphatic heterocycles. The maximum atomic E-state index is 13.6. The van der Waals surface area contributed by atoms with Gasteiger partial charge in [-0.25, -0.2) is 4.90 Å². The van der Waals surface area contributed by atoms with Crippen LogP contribution in [0.1, 0.15) is 11.1 Å². The van der Waals surface area contributed by atoms with E-state index in [1.54, 1.807) is 6.07 Å². The Hall–Kier alpha value is -4.32. The molecule has 2 fully saturated rings. The summed E-state index contributed by atoms with van der Waals surface area (Å²) in [5.41, 5.74) is 4.39. The molecule has 1 saturated carbocycles. The summed E-state index contributed by atoms with van der Waals surface area (Å²) in [6.07, 6.45) is 4.10. The molecule has 0 radical (unpaired) electrons. The zero-order valence-corrected chi connectivity index (χ0v) is 18.1. The summed E-state index contributed by atoms with van der Waals surface area (Å²) in [4.78, 5) is 39.0. The first-order valence-electron chi connectivity index (χ1n) is 11.2. The maximum Gasteiger partial charge on any atom is 0.271 e. The molecule has 1 heterocycles. The van der Waals surface area contributed by atoms with E-state index in [0.29, 0.717) is 0 Å². The van der Waals surface area contributed by atoms with Gasteiger partial charge in [0.25, 0.3) is 5.69 Å². The van der Waals surface area contributed by atoms with E-state index in [4.69, 9.17) is 0 Å². The Morgan fingerprint density at radius 2 is 1.26 bits per heavy atom. The van der Waals surface area contributed by atoms with Crippen LogP contribution in [-0.2, 0) is 9.59 Å². The lowest BCUT2D eigenvalue weighted by Gasteiger charge is -2.21. The molecule has 6 heteroatoms. The minimum Gasteiger partial charge on any atom is -0.274 e. The first kappa shape index (κ1) is 20.3. The molecule has 0 aromatic heterocycles. The summed E-state index contributed by atoms with van der Waals surface area (Å²) >= 11 is 0. The maximum absolute atomic E-state index is 13.6. The van der Waals surface area contributed by atoms with Gasteiger partial charge >= 0.3 is 0 Å². The van der Waals surface area contributed by atoms with Crippen LogP contribution < -0.4 is 4.90 Å². The lowest BCUT2D eigenvalue weighted by molar-refractivity contribution is -0.384. The molecule has 6 rings (SSSR count). The minimum absolute atomic E-state index is 0.146. The van der Waals surface area contributed by atoms with Crippen molar-refractivity contribution in [2.75, 3.05) is 4.90 Å². The molecule has 2 amide bonds. The molecule has 4 atom stereocenters. The number of nitrogens with zero attached hydrogens (tertiary/aromatic N) is 2. The predicted molar refractivity (Wildman–Crippen MR) is 128 cm³/mol. The van der Waals surface area contributed by atoms with Gasteiger partial charge in [0.15, 0.2) is 0 Å². The van der Waals surface area contributed by atoms with Crippen molar-refractivity contribution in [3.8, 4) is 0 Å². The third-order valence-corrected chi connectivity index (χ3v) is 7.13. The zero-order valence-electron chi connectivity index (χ0n) is 18.1. The van der Waals surface area contributed by atoms with Crippen molar-refractivity contribution >= 4 is 28.8 Å². The Balaban J connectivity index is 1.47. The van der Waals surface area contributed by atoms with Crippen molar-refractivity contribution in [2.45, 2.75) is 0 Å². The van der Waals surface area contributed by atoms with Gasteiger partial charge in [-0.05, 0) is 28.3 Å². The molecule has 1 saturated heterocycles. The number of nitro benzene ring substituents is 1. The molecule has 6 nitrogen and oxygen atoms in total. The molecule has 2 aliphatic carbocycles. The number of fused-ring (bicyclic) bond motifs is 5. The van der Waals surface area contributed by atoms with Gasteiger partial charge in [-0.15, -0.1) is 0 Å². The smallest absolute Gasteiger partial charge is 0.271 e.